The first-order chi connectivity index (χ1) is 30.7. The molecule has 0 amide bonds. The minimum atomic E-state index is -4.42. The van der Waals surface area contributed by atoms with Gasteiger partial charge in [0.15, 0.2) is 6.10 Å². The molecule has 0 aromatic carbocycles. The van der Waals surface area contributed by atoms with E-state index >= 15 is 0 Å². The Bertz CT molecular complexity index is 1620. The van der Waals surface area contributed by atoms with Crippen LogP contribution < -0.4 is 0 Å². The van der Waals surface area contributed by atoms with E-state index in [0.717, 1.165) is 76.4 Å². The first-order valence-corrected chi connectivity index (χ1v) is 25.6. The zero-order valence-corrected chi connectivity index (χ0v) is 41.7. The Morgan fingerprint density at radius 1 is 0.688 bits per heavy atom. The SMILES string of the molecule is CC/C=C\CC(O)/C=C/C=C/C/C=C\C/C=C\C/C=C\CCC(=O)OC[C@H](COP(=O)(O)OCC[N+](C)(C)C)OC(=O)CCCCCCCCCCc1oc(CCCCC)c(C)c1C. The summed E-state index contributed by atoms with van der Waals surface area (Å²) in [5.41, 5.74) is 2.64. The van der Waals surface area contributed by atoms with Crippen molar-refractivity contribution in [2.75, 3.05) is 47.5 Å². The zero-order chi connectivity index (χ0) is 47.3. The van der Waals surface area contributed by atoms with Crippen molar-refractivity contribution < 1.29 is 51.6 Å². The van der Waals surface area contributed by atoms with Crippen LogP contribution in [-0.4, -0.2) is 86.1 Å². The number of nitrogens with zero attached hydrogens (tertiary/aromatic N) is 1. The van der Waals surface area contributed by atoms with E-state index in [2.05, 4.69) is 58.1 Å². The lowest BCUT2D eigenvalue weighted by Gasteiger charge is -2.24. The Morgan fingerprint density at radius 2 is 1.27 bits per heavy atom. The van der Waals surface area contributed by atoms with Crippen molar-refractivity contribution in [2.24, 2.45) is 0 Å². The Balaban J connectivity index is 2.40. The second-order valence-corrected chi connectivity index (χ2v) is 19.0. The van der Waals surface area contributed by atoms with E-state index in [1.54, 1.807) is 6.08 Å². The molecule has 0 bridgehead atoms. The van der Waals surface area contributed by atoms with Crippen LogP contribution >= 0.6 is 7.82 Å². The number of esters is 2. The van der Waals surface area contributed by atoms with Crippen molar-refractivity contribution in [3.05, 3.63) is 95.6 Å². The van der Waals surface area contributed by atoms with Crippen molar-refractivity contribution in [2.45, 2.75) is 175 Å². The number of quaternary nitrogens is 1. The van der Waals surface area contributed by atoms with Crippen molar-refractivity contribution in [3.63, 3.8) is 0 Å². The van der Waals surface area contributed by atoms with Crippen LogP contribution in [0.25, 0.3) is 0 Å². The van der Waals surface area contributed by atoms with E-state index in [-0.39, 0.29) is 26.1 Å². The third kappa shape index (κ3) is 33.2. The summed E-state index contributed by atoms with van der Waals surface area (Å²) in [5, 5.41) is 9.86. The largest absolute Gasteiger partial charge is 0.472 e. The number of aliphatic hydroxyl groups excluding tert-OH is 1. The Kier molecular flexibility index (Phi) is 33.8. The fourth-order valence-corrected chi connectivity index (χ4v) is 7.22. The molecule has 11 nitrogen and oxygen atoms in total. The Morgan fingerprint density at radius 3 is 1.88 bits per heavy atom. The molecule has 0 aliphatic carbocycles. The van der Waals surface area contributed by atoms with Gasteiger partial charge in [-0.2, -0.15) is 0 Å². The Labute approximate surface area is 387 Å². The third-order valence-electron chi connectivity index (χ3n) is 10.5. The van der Waals surface area contributed by atoms with Gasteiger partial charge in [-0.3, -0.25) is 18.6 Å². The van der Waals surface area contributed by atoms with Gasteiger partial charge in [0.25, 0.3) is 0 Å². The maximum absolute atomic E-state index is 12.8. The predicted octanol–water partition coefficient (Wildman–Crippen LogP) is 12.4. The van der Waals surface area contributed by atoms with E-state index in [0.29, 0.717) is 30.3 Å². The van der Waals surface area contributed by atoms with Crippen molar-refractivity contribution >= 4 is 19.8 Å². The monoisotopic (exact) mass is 917 g/mol. The number of rotatable bonds is 39. The molecule has 1 heterocycles. The molecule has 0 aliphatic rings. The number of hydrogen-bond acceptors (Lipinski definition) is 9. The molecule has 1 rings (SSSR count). The van der Waals surface area contributed by atoms with Crippen LogP contribution in [0.2, 0.25) is 0 Å². The smallest absolute Gasteiger partial charge is 0.466 e. The van der Waals surface area contributed by atoms with E-state index in [1.165, 1.54) is 49.0 Å². The molecule has 3 atom stereocenters. The van der Waals surface area contributed by atoms with Crippen LogP contribution in [0, 0.1) is 13.8 Å². The van der Waals surface area contributed by atoms with E-state index in [1.807, 2.05) is 57.6 Å². The first kappa shape index (κ1) is 58.7. The minimum absolute atomic E-state index is 0.00309. The maximum Gasteiger partial charge on any atom is 0.472 e. The summed E-state index contributed by atoms with van der Waals surface area (Å²) in [6, 6.07) is 0. The molecule has 2 N–H and O–H groups in total. The van der Waals surface area contributed by atoms with Gasteiger partial charge < -0.3 is 28.4 Å². The van der Waals surface area contributed by atoms with Gasteiger partial charge in [0.2, 0.25) is 0 Å². The molecule has 0 fully saturated rings. The summed E-state index contributed by atoms with van der Waals surface area (Å²) >= 11 is 0. The van der Waals surface area contributed by atoms with Crippen molar-refractivity contribution in [3.8, 4) is 0 Å². The van der Waals surface area contributed by atoms with Gasteiger partial charge in [0.1, 0.15) is 31.3 Å². The quantitative estimate of drug-likeness (QED) is 0.0164. The summed E-state index contributed by atoms with van der Waals surface area (Å²) < 4.78 is 40.6. The van der Waals surface area contributed by atoms with Gasteiger partial charge in [-0.1, -0.05) is 138 Å². The highest BCUT2D eigenvalue weighted by Gasteiger charge is 2.27. The summed E-state index contributed by atoms with van der Waals surface area (Å²) in [6.45, 7) is 8.40. The van der Waals surface area contributed by atoms with E-state index in [4.69, 9.17) is 22.9 Å². The number of unbranched alkanes of at least 4 members (excludes halogenated alkanes) is 9. The van der Waals surface area contributed by atoms with Crippen LogP contribution in [-0.2, 0) is 45.5 Å². The minimum Gasteiger partial charge on any atom is -0.466 e. The fraction of sp³-hybridized carbons (Fsp3) is 0.654. The molecule has 0 saturated heterocycles. The first-order valence-electron chi connectivity index (χ1n) is 24.1. The summed E-state index contributed by atoms with van der Waals surface area (Å²) in [5.74, 6) is 1.37. The number of ether oxygens (including phenoxy) is 2. The number of furan rings is 1. The lowest BCUT2D eigenvalue weighted by atomic mass is 10.0. The molecule has 1 aromatic rings. The van der Waals surface area contributed by atoms with Gasteiger partial charge in [-0.15, -0.1) is 0 Å². The average Bonchev–Trinajstić information content (AvgIpc) is 3.51. The second-order valence-electron chi connectivity index (χ2n) is 17.5. The van der Waals surface area contributed by atoms with Crippen LogP contribution in [0.15, 0.2) is 77.3 Å². The molecule has 0 saturated carbocycles. The average molecular weight is 917 g/mol. The van der Waals surface area contributed by atoms with Crippen molar-refractivity contribution in [1.82, 2.24) is 0 Å². The van der Waals surface area contributed by atoms with Gasteiger partial charge in [-0.25, -0.2) is 4.57 Å². The highest BCUT2D eigenvalue weighted by atomic mass is 31.2. The molecule has 12 heteroatoms. The molecule has 2 unspecified atom stereocenters. The second kappa shape index (κ2) is 36.9. The van der Waals surface area contributed by atoms with Gasteiger partial charge in [0, 0.05) is 25.7 Å². The lowest BCUT2D eigenvalue weighted by molar-refractivity contribution is -0.870. The van der Waals surface area contributed by atoms with Crippen LogP contribution in [0.1, 0.15) is 158 Å². The lowest BCUT2D eigenvalue weighted by Crippen LogP contribution is -2.37. The molecular weight excluding hydrogens is 830 g/mol. The molecule has 0 radical (unpaired) electrons. The predicted molar refractivity (Wildman–Crippen MR) is 261 cm³/mol. The summed E-state index contributed by atoms with van der Waals surface area (Å²) in [7, 11) is 1.38. The van der Waals surface area contributed by atoms with Crippen LogP contribution in [0.3, 0.4) is 0 Å². The van der Waals surface area contributed by atoms with Crippen LogP contribution in [0.4, 0.5) is 0 Å². The highest BCUT2D eigenvalue weighted by Crippen LogP contribution is 2.43. The normalized spacial score (nSPS) is 14.6. The molecule has 0 spiro atoms. The summed E-state index contributed by atoms with van der Waals surface area (Å²) in [4.78, 5) is 35.6. The number of likely N-dealkylation sites (N-methyl/N-ethyl adjacent to an activating group) is 1. The fourth-order valence-electron chi connectivity index (χ4n) is 6.48. The molecular formula is C52H87NO10P+. The number of aryl methyl sites for hydroxylation is 2. The number of phosphoric ester groups is 1. The van der Waals surface area contributed by atoms with Gasteiger partial charge in [0.05, 0.1) is 33.9 Å². The summed E-state index contributed by atoms with van der Waals surface area (Å²) in [6.07, 6.45) is 41.2. The Hall–Kier alpha value is -3.31. The van der Waals surface area contributed by atoms with E-state index < -0.39 is 38.6 Å². The third-order valence-corrected chi connectivity index (χ3v) is 11.5. The van der Waals surface area contributed by atoms with E-state index in [9.17, 15) is 24.2 Å². The number of aliphatic hydroxyl groups is 1. The number of allylic oxidation sites excluding steroid dienone is 10. The number of carbonyl (C=O) groups excluding carboxylic acids is 2. The topological polar surface area (TPSA) is 142 Å². The maximum atomic E-state index is 12.8. The number of carbonyl (C=O) groups is 2. The van der Waals surface area contributed by atoms with Gasteiger partial charge in [-0.05, 0) is 82.8 Å². The molecule has 64 heavy (non-hydrogen) atoms. The number of hydrogen-bond donors (Lipinski definition) is 2. The zero-order valence-electron chi connectivity index (χ0n) is 40.8. The standard InChI is InChI=1S/C52H86NO10P/c1-8-10-29-35-47(54)36-31-25-21-17-15-13-12-14-16-18-23-27-33-39-51(55)59-43-48(44-61-64(57,58)60-42-41-53(5,6)7)62-52(56)40-34-28-24-20-19-22-26-32-38-50-46(4)45(3)49(63-50)37-30-11-9-2/h10,13-16,21,23,25,27,29,31,36,47-48,54H,8-9,11-12,17-20,22,24,26,28,30,32-35,37-44H2,1-7H3/p+1/b15-13-,16-14-,25-21+,27-23-,29-10-,36-31+/t47?,48-/m1/s1. The highest BCUT2D eigenvalue weighted by molar-refractivity contribution is 7.47. The molecule has 1 aromatic heterocycles. The number of phosphoric acid groups is 1. The van der Waals surface area contributed by atoms with Crippen LogP contribution in [0.5, 0.6) is 0 Å². The van der Waals surface area contributed by atoms with Gasteiger partial charge >= 0.3 is 19.8 Å². The molecule has 0 aliphatic heterocycles. The van der Waals surface area contributed by atoms with Crippen molar-refractivity contribution in [1.29, 1.82) is 0 Å². The molecule has 364 valence electrons.